The predicted molar refractivity (Wildman–Crippen MR) is 39.4 cm³/mol. The van der Waals surface area contributed by atoms with E-state index in [1.807, 2.05) is 12.9 Å². The summed E-state index contributed by atoms with van der Waals surface area (Å²) in [6.07, 6.45) is 1.92. The summed E-state index contributed by atoms with van der Waals surface area (Å²) in [4.78, 5) is 0. The predicted octanol–water partition coefficient (Wildman–Crippen LogP) is 0.887. The highest BCUT2D eigenvalue weighted by molar-refractivity contribution is 8.13. The molecule has 0 aromatic heterocycles. The molecule has 4 heteroatoms. The number of nitrogens with zero attached hydrogens (tertiary/aromatic N) is 1. The van der Waals surface area contributed by atoms with Crippen LogP contribution in [0.2, 0.25) is 0 Å². The molecule has 0 fully saturated rings. The lowest BCUT2D eigenvalue weighted by Gasteiger charge is -1.88. The first-order valence-corrected chi connectivity index (χ1v) is 4.52. The van der Waals surface area contributed by atoms with Crippen molar-refractivity contribution in [2.75, 3.05) is 12.9 Å². The summed E-state index contributed by atoms with van der Waals surface area (Å²) in [7, 11) is 0.587. The van der Waals surface area contributed by atoms with E-state index in [0.29, 0.717) is 13.9 Å². The minimum absolute atomic E-state index is 0.587. The average Bonchev–Trinajstić information content (AvgIpc) is 1.68. The van der Waals surface area contributed by atoms with Crippen LogP contribution in [-0.2, 0) is 0 Å². The third-order valence-electron chi connectivity index (χ3n) is 0.431. The van der Waals surface area contributed by atoms with Gasteiger partial charge < -0.3 is 5.73 Å². The smallest absolute Gasteiger partial charge is 0.156 e. The lowest BCUT2D eigenvalue weighted by Crippen LogP contribution is -2.02. The van der Waals surface area contributed by atoms with E-state index in [-0.39, 0.29) is 0 Å². The molecule has 0 aliphatic heterocycles. The fourth-order valence-electron chi connectivity index (χ4n) is 0.156. The molecule has 0 aromatic carbocycles. The molecule has 0 rings (SSSR count). The van der Waals surface area contributed by atoms with Crippen LogP contribution >= 0.6 is 20.5 Å². The molecule has 0 saturated heterocycles. The summed E-state index contributed by atoms with van der Waals surface area (Å²) in [6, 6.07) is 0. The van der Waals surface area contributed by atoms with Crippen molar-refractivity contribution in [2.45, 2.75) is 0 Å². The lowest BCUT2D eigenvalue weighted by molar-refractivity contribution is 1.75. The van der Waals surface area contributed by atoms with Crippen LogP contribution in [0.15, 0.2) is 4.76 Å². The van der Waals surface area contributed by atoms with Gasteiger partial charge in [-0.25, -0.2) is 4.76 Å². The maximum Gasteiger partial charge on any atom is 0.156 e. The molecule has 42 valence electrons. The van der Waals surface area contributed by atoms with E-state index in [2.05, 4.69) is 4.76 Å². The van der Waals surface area contributed by atoms with Crippen molar-refractivity contribution in [1.82, 2.24) is 0 Å². The zero-order chi connectivity index (χ0) is 5.70. The van der Waals surface area contributed by atoms with Gasteiger partial charge in [0, 0.05) is 8.73 Å². The van der Waals surface area contributed by atoms with Crippen molar-refractivity contribution in [3.8, 4) is 0 Å². The topological polar surface area (TPSA) is 38.4 Å². The number of amidine groups is 1. The quantitative estimate of drug-likeness (QED) is 0.330. The highest BCUT2D eigenvalue weighted by Gasteiger charge is 1.79. The molecule has 7 heavy (non-hydrogen) atoms. The van der Waals surface area contributed by atoms with Gasteiger partial charge in [0.05, 0.1) is 0 Å². The fraction of sp³-hybridized carbons (Fsp3) is 0.667. The van der Waals surface area contributed by atoms with Crippen LogP contribution in [0.4, 0.5) is 0 Å². The number of hydrogen-bond acceptors (Lipinski definition) is 2. The van der Waals surface area contributed by atoms with Gasteiger partial charge in [-0.1, -0.05) is 11.8 Å². The van der Waals surface area contributed by atoms with Gasteiger partial charge in [0.1, 0.15) is 0 Å². The van der Waals surface area contributed by atoms with E-state index in [9.17, 15) is 0 Å². The minimum atomic E-state index is 0.587. The van der Waals surface area contributed by atoms with E-state index < -0.39 is 0 Å². The van der Waals surface area contributed by atoms with Gasteiger partial charge in [-0.2, -0.15) is 0 Å². The molecule has 0 amide bonds. The first-order valence-electron chi connectivity index (χ1n) is 1.85. The summed E-state index contributed by atoms with van der Waals surface area (Å²) in [6.45, 7) is 1.99. The van der Waals surface area contributed by atoms with Crippen molar-refractivity contribution in [2.24, 2.45) is 10.5 Å². The normalized spacial score (nSPS) is 13.7. The van der Waals surface area contributed by atoms with E-state index in [4.69, 9.17) is 5.73 Å². The number of hydrogen-bond donors (Lipinski definition) is 1. The van der Waals surface area contributed by atoms with E-state index in [0.717, 1.165) is 0 Å². The Hall–Kier alpha value is 0.250. The Bertz CT molecular complexity index is 73.3. The fourth-order valence-corrected chi connectivity index (χ4v) is 1.02. The largest absolute Gasteiger partial charge is 0.378 e. The van der Waals surface area contributed by atoms with Crippen LogP contribution in [-0.4, -0.2) is 18.1 Å². The summed E-state index contributed by atoms with van der Waals surface area (Å²) < 4.78 is 3.93. The van der Waals surface area contributed by atoms with Gasteiger partial charge in [-0.05, 0) is 12.9 Å². The molecule has 1 atom stereocenters. The Balaban J connectivity index is 3.29. The SMILES string of the molecule is CP/N=C(/N)SC. The summed E-state index contributed by atoms with van der Waals surface area (Å²) in [5.74, 6) is 0. The maximum absolute atomic E-state index is 5.30. The van der Waals surface area contributed by atoms with Crippen LogP contribution in [0.1, 0.15) is 0 Å². The molecule has 2 N–H and O–H groups in total. The summed E-state index contributed by atoms with van der Waals surface area (Å²) in [5, 5.41) is 0.681. The van der Waals surface area contributed by atoms with Crippen LogP contribution in [0.5, 0.6) is 0 Å². The third-order valence-corrected chi connectivity index (χ3v) is 1.57. The molecule has 0 aliphatic rings. The second-order valence-corrected chi connectivity index (χ2v) is 2.38. The Morgan fingerprint density at radius 2 is 2.43 bits per heavy atom. The summed E-state index contributed by atoms with van der Waals surface area (Å²) in [5.41, 5.74) is 5.30. The van der Waals surface area contributed by atoms with Crippen molar-refractivity contribution in [3.05, 3.63) is 0 Å². The summed E-state index contributed by atoms with van der Waals surface area (Å²) >= 11 is 1.48. The Labute approximate surface area is 49.8 Å². The van der Waals surface area contributed by atoms with Gasteiger partial charge in [-0.15, -0.1) is 0 Å². The highest BCUT2D eigenvalue weighted by Crippen LogP contribution is 2.05. The zero-order valence-electron chi connectivity index (χ0n) is 4.43. The van der Waals surface area contributed by atoms with Crippen LogP contribution in [0.3, 0.4) is 0 Å². The number of nitrogens with two attached hydrogens (primary N) is 1. The Morgan fingerprint density at radius 1 is 1.86 bits per heavy atom. The zero-order valence-corrected chi connectivity index (χ0v) is 6.25. The standard InChI is InChI=1S/C3H9N2PS/c1-6-5-3(4)7-2/h6H,1-2H3,(H2,4,5). The molecular weight excluding hydrogens is 127 g/mol. The molecule has 0 spiro atoms. The molecule has 0 saturated carbocycles. The van der Waals surface area contributed by atoms with Crippen LogP contribution < -0.4 is 5.73 Å². The number of thioether (sulfide) groups is 1. The minimum Gasteiger partial charge on any atom is -0.378 e. The Kier molecular flexibility index (Phi) is 4.57. The van der Waals surface area contributed by atoms with Crippen molar-refractivity contribution in [1.29, 1.82) is 0 Å². The second-order valence-electron chi connectivity index (χ2n) is 0.878. The first-order chi connectivity index (χ1) is 3.31. The molecule has 0 aromatic rings. The van der Waals surface area contributed by atoms with Crippen LogP contribution in [0, 0.1) is 0 Å². The number of rotatable bonds is 1. The van der Waals surface area contributed by atoms with Gasteiger partial charge in [0.2, 0.25) is 0 Å². The van der Waals surface area contributed by atoms with Gasteiger partial charge in [-0.3, -0.25) is 0 Å². The second kappa shape index (κ2) is 4.41. The molecule has 0 aliphatic carbocycles. The Morgan fingerprint density at radius 3 is 2.57 bits per heavy atom. The highest BCUT2D eigenvalue weighted by atomic mass is 32.2. The third kappa shape index (κ3) is 4.10. The molecular formula is C3H9N2PS. The average molecular weight is 136 g/mol. The molecule has 0 bridgehead atoms. The van der Waals surface area contributed by atoms with Gasteiger partial charge in [0.15, 0.2) is 5.17 Å². The van der Waals surface area contributed by atoms with E-state index in [1.165, 1.54) is 11.8 Å². The molecule has 0 radical (unpaired) electrons. The maximum atomic E-state index is 5.30. The lowest BCUT2D eigenvalue weighted by atomic mass is 11.4. The van der Waals surface area contributed by atoms with E-state index >= 15 is 0 Å². The molecule has 0 heterocycles. The van der Waals surface area contributed by atoms with Crippen molar-refractivity contribution in [3.63, 3.8) is 0 Å². The van der Waals surface area contributed by atoms with Crippen molar-refractivity contribution >= 4 is 25.7 Å². The van der Waals surface area contributed by atoms with E-state index in [1.54, 1.807) is 0 Å². The molecule has 2 nitrogen and oxygen atoms in total. The van der Waals surface area contributed by atoms with Crippen molar-refractivity contribution < 1.29 is 0 Å². The monoisotopic (exact) mass is 136 g/mol. The first kappa shape index (κ1) is 7.25. The van der Waals surface area contributed by atoms with Crippen LogP contribution in [0.25, 0.3) is 0 Å². The molecule has 1 unspecified atom stereocenters. The van der Waals surface area contributed by atoms with Gasteiger partial charge in [0.25, 0.3) is 0 Å². The van der Waals surface area contributed by atoms with Gasteiger partial charge >= 0.3 is 0 Å².